The van der Waals surface area contributed by atoms with Gasteiger partial charge in [-0.15, -0.1) is 0 Å². The predicted octanol–water partition coefficient (Wildman–Crippen LogP) is 2.47. The number of nitrogens with zero attached hydrogens (tertiary/aromatic N) is 1. The monoisotopic (exact) mass is 274 g/mol. The lowest BCUT2D eigenvalue weighted by atomic mass is 9.94. The Morgan fingerprint density at radius 2 is 1.95 bits per heavy atom. The summed E-state index contributed by atoms with van der Waals surface area (Å²) in [5, 5.41) is 3.35. The second kappa shape index (κ2) is 8.05. The number of piperidine rings is 1. The minimum atomic E-state index is 0.329. The fourth-order valence-corrected chi connectivity index (χ4v) is 2.83. The normalized spacial score (nSPS) is 16.1. The average Bonchev–Trinajstić information content (AvgIpc) is 2.50. The van der Waals surface area contributed by atoms with Gasteiger partial charge in [-0.05, 0) is 50.8 Å². The van der Waals surface area contributed by atoms with Crippen LogP contribution >= 0.6 is 0 Å². The molecule has 1 aromatic carbocycles. The molecule has 1 heterocycles. The molecule has 1 amide bonds. The molecule has 0 radical (unpaired) electrons. The van der Waals surface area contributed by atoms with Crippen molar-refractivity contribution in [2.45, 2.75) is 32.6 Å². The quantitative estimate of drug-likeness (QED) is 0.864. The summed E-state index contributed by atoms with van der Waals surface area (Å²) in [5.74, 6) is 0.907. The van der Waals surface area contributed by atoms with Crippen molar-refractivity contribution in [1.29, 1.82) is 0 Å². The standard InChI is InChI=1S/C17H26N2O/c1-2-19(13-10-15-6-4-3-5-7-15)17(20)14-16-8-11-18-12-9-16/h3-7,16,18H,2,8-14H2,1H3. The lowest BCUT2D eigenvalue weighted by Gasteiger charge is -2.26. The highest BCUT2D eigenvalue weighted by atomic mass is 16.2. The van der Waals surface area contributed by atoms with Crippen LogP contribution in [-0.4, -0.2) is 37.0 Å². The van der Waals surface area contributed by atoms with Crippen LogP contribution in [0, 0.1) is 5.92 Å². The van der Waals surface area contributed by atoms with E-state index in [0.29, 0.717) is 11.8 Å². The lowest BCUT2D eigenvalue weighted by Crippen LogP contribution is -2.36. The maximum Gasteiger partial charge on any atom is 0.222 e. The van der Waals surface area contributed by atoms with Crippen molar-refractivity contribution < 1.29 is 4.79 Å². The van der Waals surface area contributed by atoms with Crippen LogP contribution in [0.4, 0.5) is 0 Å². The molecule has 0 aliphatic carbocycles. The highest BCUT2D eigenvalue weighted by molar-refractivity contribution is 5.76. The number of likely N-dealkylation sites (N-methyl/N-ethyl adjacent to an activating group) is 1. The van der Waals surface area contributed by atoms with Gasteiger partial charge in [-0.1, -0.05) is 30.3 Å². The van der Waals surface area contributed by atoms with Gasteiger partial charge in [-0.25, -0.2) is 0 Å². The molecular formula is C17H26N2O. The Morgan fingerprint density at radius 3 is 2.60 bits per heavy atom. The summed E-state index contributed by atoms with van der Waals surface area (Å²) in [7, 11) is 0. The van der Waals surface area contributed by atoms with Crippen LogP contribution in [0.3, 0.4) is 0 Å². The molecule has 1 N–H and O–H groups in total. The number of amides is 1. The summed E-state index contributed by atoms with van der Waals surface area (Å²) in [6.45, 7) is 5.86. The molecule has 2 rings (SSSR count). The highest BCUT2D eigenvalue weighted by Gasteiger charge is 2.19. The van der Waals surface area contributed by atoms with Gasteiger partial charge in [0.2, 0.25) is 5.91 Å². The molecule has 3 heteroatoms. The van der Waals surface area contributed by atoms with Crippen LogP contribution in [0.2, 0.25) is 0 Å². The van der Waals surface area contributed by atoms with Gasteiger partial charge in [0.15, 0.2) is 0 Å². The van der Waals surface area contributed by atoms with E-state index in [2.05, 4.69) is 36.5 Å². The molecule has 20 heavy (non-hydrogen) atoms. The summed E-state index contributed by atoms with van der Waals surface area (Å²) in [5.41, 5.74) is 1.31. The minimum Gasteiger partial charge on any atom is -0.343 e. The molecule has 1 fully saturated rings. The van der Waals surface area contributed by atoms with Crippen molar-refractivity contribution in [1.82, 2.24) is 10.2 Å². The van der Waals surface area contributed by atoms with E-state index < -0.39 is 0 Å². The number of carbonyl (C=O) groups is 1. The summed E-state index contributed by atoms with van der Waals surface area (Å²) in [6, 6.07) is 10.4. The van der Waals surface area contributed by atoms with Gasteiger partial charge in [-0.2, -0.15) is 0 Å². The van der Waals surface area contributed by atoms with E-state index in [1.807, 2.05) is 11.0 Å². The van der Waals surface area contributed by atoms with Gasteiger partial charge in [-0.3, -0.25) is 4.79 Å². The maximum absolute atomic E-state index is 12.4. The first-order valence-electron chi connectivity index (χ1n) is 7.82. The van der Waals surface area contributed by atoms with E-state index in [-0.39, 0.29) is 0 Å². The Labute approximate surface area is 122 Å². The van der Waals surface area contributed by atoms with Crippen molar-refractivity contribution in [3.05, 3.63) is 35.9 Å². The number of carbonyl (C=O) groups excluding carboxylic acids is 1. The lowest BCUT2D eigenvalue weighted by molar-refractivity contribution is -0.132. The van der Waals surface area contributed by atoms with Crippen molar-refractivity contribution >= 4 is 5.91 Å². The first kappa shape index (κ1) is 15.0. The van der Waals surface area contributed by atoms with Crippen molar-refractivity contribution in [2.24, 2.45) is 5.92 Å². The summed E-state index contributed by atoms with van der Waals surface area (Å²) in [6.07, 6.45) is 3.96. The molecule has 0 atom stereocenters. The first-order valence-corrected chi connectivity index (χ1v) is 7.82. The second-order valence-corrected chi connectivity index (χ2v) is 5.61. The molecule has 110 valence electrons. The van der Waals surface area contributed by atoms with Crippen LogP contribution in [-0.2, 0) is 11.2 Å². The first-order chi connectivity index (χ1) is 9.79. The van der Waals surface area contributed by atoms with Crippen molar-refractivity contribution in [2.75, 3.05) is 26.2 Å². The topological polar surface area (TPSA) is 32.3 Å². The Morgan fingerprint density at radius 1 is 1.25 bits per heavy atom. The Kier molecular flexibility index (Phi) is 6.06. The number of rotatable bonds is 6. The van der Waals surface area contributed by atoms with Gasteiger partial charge < -0.3 is 10.2 Å². The molecule has 0 spiro atoms. The molecule has 1 saturated heterocycles. The number of nitrogens with one attached hydrogen (secondary N) is 1. The van der Waals surface area contributed by atoms with E-state index in [9.17, 15) is 4.79 Å². The molecular weight excluding hydrogens is 248 g/mol. The molecule has 1 aromatic rings. The highest BCUT2D eigenvalue weighted by Crippen LogP contribution is 2.17. The zero-order valence-corrected chi connectivity index (χ0v) is 12.5. The van der Waals surface area contributed by atoms with Crippen LogP contribution in [0.15, 0.2) is 30.3 Å². The number of hydrogen-bond acceptors (Lipinski definition) is 2. The van der Waals surface area contributed by atoms with Gasteiger partial charge in [0.1, 0.15) is 0 Å². The minimum absolute atomic E-state index is 0.329. The zero-order valence-electron chi connectivity index (χ0n) is 12.5. The molecule has 0 saturated carbocycles. The van der Waals surface area contributed by atoms with Crippen LogP contribution in [0.5, 0.6) is 0 Å². The smallest absolute Gasteiger partial charge is 0.222 e. The zero-order chi connectivity index (χ0) is 14.2. The Hall–Kier alpha value is -1.35. The Bertz CT molecular complexity index is 399. The van der Waals surface area contributed by atoms with E-state index in [0.717, 1.165) is 51.9 Å². The van der Waals surface area contributed by atoms with Crippen molar-refractivity contribution in [3.63, 3.8) is 0 Å². The Balaban J connectivity index is 1.79. The van der Waals surface area contributed by atoms with Crippen LogP contribution in [0.25, 0.3) is 0 Å². The second-order valence-electron chi connectivity index (χ2n) is 5.61. The SMILES string of the molecule is CCN(CCc1ccccc1)C(=O)CC1CCNCC1. The van der Waals surface area contributed by atoms with Gasteiger partial charge in [0.25, 0.3) is 0 Å². The largest absolute Gasteiger partial charge is 0.343 e. The van der Waals surface area contributed by atoms with Gasteiger partial charge in [0, 0.05) is 19.5 Å². The van der Waals surface area contributed by atoms with Crippen LogP contribution < -0.4 is 5.32 Å². The third-order valence-electron chi connectivity index (χ3n) is 4.17. The van der Waals surface area contributed by atoms with E-state index in [1.165, 1.54) is 5.56 Å². The predicted molar refractivity (Wildman–Crippen MR) is 82.6 cm³/mol. The molecule has 0 bridgehead atoms. The number of hydrogen-bond donors (Lipinski definition) is 1. The van der Waals surface area contributed by atoms with Gasteiger partial charge in [0.05, 0.1) is 0 Å². The molecule has 0 aromatic heterocycles. The summed E-state index contributed by atoms with van der Waals surface area (Å²) in [4.78, 5) is 14.4. The average molecular weight is 274 g/mol. The molecule has 1 aliphatic rings. The van der Waals surface area contributed by atoms with E-state index in [4.69, 9.17) is 0 Å². The van der Waals surface area contributed by atoms with Gasteiger partial charge >= 0.3 is 0 Å². The number of benzene rings is 1. The van der Waals surface area contributed by atoms with Crippen molar-refractivity contribution in [3.8, 4) is 0 Å². The molecule has 1 aliphatic heterocycles. The van der Waals surface area contributed by atoms with E-state index >= 15 is 0 Å². The fourth-order valence-electron chi connectivity index (χ4n) is 2.83. The van der Waals surface area contributed by atoms with Crippen LogP contribution in [0.1, 0.15) is 31.7 Å². The maximum atomic E-state index is 12.4. The summed E-state index contributed by atoms with van der Waals surface area (Å²) < 4.78 is 0. The molecule has 0 unspecified atom stereocenters. The summed E-state index contributed by atoms with van der Waals surface area (Å²) >= 11 is 0. The van der Waals surface area contributed by atoms with E-state index in [1.54, 1.807) is 0 Å². The molecule has 3 nitrogen and oxygen atoms in total. The third-order valence-corrected chi connectivity index (χ3v) is 4.17. The fraction of sp³-hybridized carbons (Fsp3) is 0.588. The third kappa shape index (κ3) is 4.64.